The van der Waals surface area contributed by atoms with Crippen molar-refractivity contribution in [1.29, 1.82) is 5.26 Å². The Kier molecular flexibility index (Phi) is 5.12. The molecule has 21 heavy (non-hydrogen) atoms. The smallest absolute Gasteiger partial charge is 0.224 e. The molecule has 0 aliphatic carbocycles. The van der Waals surface area contributed by atoms with Crippen LogP contribution in [0.2, 0.25) is 0 Å². The summed E-state index contributed by atoms with van der Waals surface area (Å²) in [5, 5.41) is 11.9. The number of hydrogen-bond donors (Lipinski definition) is 2. The molecule has 1 amide bonds. The van der Waals surface area contributed by atoms with Gasteiger partial charge < -0.3 is 16.0 Å². The predicted octanol–water partition coefficient (Wildman–Crippen LogP) is 0.989. The molecule has 1 heterocycles. The van der Waals surface area contributed by atoms with E-state index in [2.05, 4.69) is 5.32 Å². The molecule has 1 fully saturated rings. The van der Waals surface area contributed by atoms with E-state index in [0.29, 0.717) is 25.3 Å². The van der Waals surface area contributed by atoms with E-state index in [1.54, 1.807) is 12.1 Å². The maximum atomic E-state index is 13.7. The van der Waals surface area contributed by atoms with Gasteiger partial charge in [-0.25, -0.2) is 4.39 Å². The van der Waals surface area contributed by atoms with Gasteiger partial charge in [-0.2, -0.15) is 5.26 Å². The van der Waals surface area contributed by atoms with Crippen molar-refractivity contribution in [2.24, 2.45) is 11.7 Å². The fraction of sp³-hybridized carbons (Fsp3) is 0.467. The van der Waals surface area contributed by atoms with Crippen LogP contribution in [0.3, 0.4) is 0 Å². The van der Waals surface area contributed by atoms with E-state index in [9.17, 15) is 9.18 Å². The minimum atomic E-state index is -0.523. The summed E-state index contributed by atoms with van der Waals surface area (Å²) >= 11 is 0. The van der Waals surface area contributed by atoms with Gasteiger partial charge in [-0.05, 0) is 25.0 Å². The van der Waals surface area contributed by atoms with E-state index in [4.69, 9.17) is 11.0 Å². The number of nitrogens with two attached hydrogens (primary N) is 1. The lowest BCUT2D eigenvalue weighted by Gasteiger charge is -2.34. The van der Waals surface area contributed by atoms with Gasteiger partial charge in [0.05, 0.1) is 11.6 Å². The first-order valence-corrected chi connectivity index (χ1v) is 7.08. The highest BCUT2D eigenvalue weighted by molar-refractivity contribution is 5.79. The molecular weight excluding hydrogens is 271 g/mol. The zero-order valence-electron chi connectivity index (χ0n) is 11.8. The second-order valence-corrected chi connectivity index (χ2v) is 5.11. The molecule has 1 aromatic carbocycles. The lowest BCUT2D eigenvalue weighted by molar-refractivity contribution is -0.125. The number of hydrogen-bond acceptors (Lipinski definition) is 4. The minimum Gasteiger partial charge on any atom is -0.370 e. The number of nitrogens with zero attached hydrogens (tertiary/aromatic N) is 2. The van der Waals surface area contributed by atoms with Crippen molar-refractivity contribution in [2.45, 2.75) is 12.8 Å². The molecule has 1 aliphatic heterocycles. The molecule has 2 rings (SSSR count). The molecule has 1 aromatic rings. The highest BCUT2D eigenvalue weighted by Gasteiger charge is 2.27. The normalized spacial score (nSPS) is 18.1. The molecule has 3 N–H and O–H groups in total. The summed E-state index contributed by atoms with van der Waals surface area (Å²) in [5.74, 6) is -0.704. The molecule has 1 aliphatic rings. The first-order valence-electron chi connectivity index (χ1n) is 7.08. The van der Waals surface area contributed by atoms with E-state index in [1.165, 1.54) is 6.07 Å². The van der Waals surface area contributed by atoms with Crippen LogP contribution in [0.15, 0.2) is 18.2 Å². The highest BCUT2D eigenvalue weighted by atomic mass is 19.1. The van der Waals surface area contributed by atoms with Crippen molar-refractivity contribution in [2.75, 3.05) is 31.1 Å². The number of carbonyl (C=O) groups is 1. The Morgan fingerprint density at radius 2 is 2.38 bits per heavy atom. The predicted molar refractivity (Wildman–Crippen MR) is 78.1 cm³/mol. The molecule has 1 unspecified atom stereocenters. The molecule has 1 saturated heterocycles. The van der Waals surface area contributed by atoms with Crippen molar-refractivity contribution in [3.8, 4) is 6.07 Å². The fourth-order valence-corrected chi connectivity index (χ4v) is 2.64. The van der Waals surface area contributed by atoms with Crippen LogP contribution >= 0.6 is 0 Å². The van der Waals surface area contributed by atoms with Gasteiger partial charge in [0.25, 0.3) is 0 Å². The quantitative estimate of drug-likeness (QED) is 0.866. The van der Waals surface area contributed by atoms with Crippen LogP contribution < -0.4 is 16.0 Å². The van der Waals surface area contributed by atoms with Crippen molar-refractivity contribution in [3.63, 3.8) is 0 Å². The first kappa shape index (κ1) is 15.3. The summed E-state index contributed by atoms with van der Waals surface area (Å²) in [6.07, 6.45) is 1.63. The molecule has 1 atom stereocenters. The van der Waals surface area contributed by atoms with Gasteiger partial charge in [-0.1, -0.05) is 6.07 Å². The molecule has 0 aromatic heterocycles. The maximum absolute atomic E-state index is 13.7. The molecule has 0 saturated carbocycles. The van der Waals surface area contributed by atoms with Gasteiger partial charge in [0, 0.05) is 26.2 Å². The van der Waals surface area contributed by atoms with Crippen LogP contribution in [0.1, 0.15) is 18.4 Å². The Balaban J connectivity index is 2.13. The second kappa shape index (κ2) is 7.04. The van der Waals surface area contributed by atoms with Gasteiger partial charge >= 0.3 is 0 Å². The third kappa shape index (κ3) is 3.50. The van der Waals surface area contributed by atoms with Gasteiger partial charge in [0.1, 0.15) is 17.4 Å². The molecule has 6 heteroatoms. The van der Waals surface area contributed by atoms with Crippen molar-refractivity contribution in [1.82, 2.24) is 5.32 Å². The van der Waals surface area contributed by atoms with Gasteiger partial charge in [-0.3, -0.25) is 4.79 Å². The minimum absolute atomic E-state index is 0.0277. The Hall–Kier alpha value is -2.13. The molecule has 0 radical (unpaired) electrons. The summed E-state index contributed by atoms with van der Waals surface area (Å²) in [5.41, 5.74) is 5.98. The van der Waals surface area contributed by atoms with E-state index in [-0.39, 0.29) is 17.4 Å². The third-order valence-electron chi connectivity index (χ3n) is 3.68. The molecule has 0 bridgehead atoms. The van der Waals surface area contributed by atoms with Crippen LogP contribution in [0, 0.1) is 23.1 Å². The zero-order chi connectivity index (χ0) is 15.2. The number of piperidine rings is 1. The summed E-state index contributed by atoms with van der Waals surface area (Å²) in [6, 6.07) is 6.49. The molecule has 5 nitrogen and oxygen atoms in total. The monoisotopic (exact) mass is 290 g/mol. The van der Waals surface area contributed by atoms with Crippen LogP contribution in [-0.4, -0.2) is 32.1 Å². The SMILES string of the molecule is N#Cc1c(F)cccc1N1CCCC(C(=O)NCCN)C1. The largest absolute Gasteiger partial charge is 0.370 e. The average Bonchev–Trinajstić information content (AvgIpc) is 2.52. The number of rotatable bonds is 4. The molecule has 112 valence electrons. The number of nitrogens with one attached hydrogen (secondary N) is 1. The van der Waals surface area contributed by atoms with Gasteiger partial charge in [0.15, 0.2) is 0 Å². The van der Waals surface area contributed by atoms with Crippen molar-refractivity contribution in [3.05, 3.63) is 29.6 Å². The lowest BCUT2D eigenvalue weighted by Crippen LogP contribution is -2.44. The average molecular weight is 290 g/mol. The first-order chi connectivity index (χ1) is 10.2. The highest BCUT2D eigenvalue weighted by Crippen LogP contribution is 2.27. The second-order valence-electron chi connectivity index (χ2n) is 5.11. The third-order valence-corrected chi connectivity index (χ3v) is 3.68. The maximum Gasteiger partial charge on any atom is 0.224 e. The summed E-state index contributed by atoms with van der Waals surface area (Å²) in [4.78, 5) is 13.9. The van der Waals surface area contributed by atoms with E-state index >= 15 is 0 Å². The molecular formula is C15H19FN4O. The lowest BCUT2D eigenvalue weighted by atomic mass is 9.96. The van der Waals surface area contributed by atoms with Gasteiger partial charge in [0.2, 0.25) is 5.91 Å². The fourth-order valence-electron chi connectivity index (χ4n) is 2.64. The number of amides is 1. The van der Waals surface area contributed by atoms with Crippen LogP contribution in [0.5, 0.6) is 0 Å². The Bertz CT molecular complexity index is 555. The Morgan fingerprint density at radius 1 is 1.57 bits per heavy atom. The number of halogens is 1. The van der Waals surface area contributed by atoms with Crippen molar-refractivity contribution < 1.29 is 9.18 Å². The van der Waals surface area contributed by atoms with Crippen LogP contribution in [-0.2, 0) is 4.79 Å². The van der Waals surface area contributed by atoms with Crippen LogP contribution in [0.25, 0.3) is 0 Å². The number of nitriles is 1. The number of carbonyl (C=O) groups excluding carboxylic acids is 1. The van der Waals surface area contributed by atoms with Crippen LogP contribution in [0.4, 0.5) is 10.1 Å². The topological polar surface area (TPSA) is 82.2 Å². The van der Waals surface area contributed by atoms with E-state index < -0.39 is 5.82 Å². The Labute approximate surface area is 123 Å². The molecule has 0 spiro atoms. The van der Waals surface area contributed by atoms with Crippen molar-refractivity contribution >= 4 is 11.6 Å². The van der Waals surface area contributed by atoms with E-state index in [1.807, 2.05) is 11.0 Å². The van der Waals surface area contributed by atoms with E-state index in [0.717, 1.165) is 19.4 Å². The number of anilines is 1. The number of benzene rings is 1. The summed E-state index contributed by atoms with van der Waals surface area (Å²) in [6.45, 7) is 2.08. The standard InChI is InChI=1S/C15H19FN4O/c16-13-4-1-5-14(12(13)9-18)20-8-2-3-11(10-20)15(21)19-7-6-17/h1,4-5,11H,2-3,6-8,10,17H2,(H,19,21). The summed E-state index contributed by atoms with van der Waals surface area (Å²) in [7, 11) is 0. The van der Waals surface area contributed by atoms with Gasteiger partial charge in [-0.15, -0.1) is 0 Å². The Morgan fingerprint density at radius 3 is 3.10 bits per heavy atom. The zero-order valence-corrected chi connectivity index (χ0v) is 11.8. The summed E-state index contributed by atoms with van der Waals surface area (Å²) < 4.78 is 13.7.